The molecule has 0 aromatic heterocycles. The smallest absolute Gasteiger partial charge is 0.221 e. The molecule has 0 saturated heterocycles. The Morgan fingerprint density at radius 1 is 1.36 bits per heavy atom. The third kappa shape index (κ3) is 2.74. The second-order valence-corrected chi connectivity index (χ2v) is 2.91. The molecular formula is C10H14N2O2. The maximum atomic E-state index is 10.7. The first-order valence-electron chi connectivity index (χ1n) is 4.29. The van der Waals surface area contributed by atoms with Crippen molar-refractivity contribution in [2.45, 2.75) is 6.92 Å². The molecule has 0 aliphatic carbocycles. The molecule has 4 heteroatoms. The molecule has 1 rings (SSSR count). The highest BCUT2D eigenvalue weighted by molar-refractivity contribution is 5.88. The summed E-state index contributed by atoms with van der Waals surface area (Å²) in [5.74, 6) is -0.0714. The Balaban J connectivity index is 2.73. The fraction of sp³-hybridized carbons (Fsp3) is 0.300. The lowest BCUT2D eigenvalue weighted by molar-refractivity contribution is -0.114. The number of anilines is 2. The van der Waals surface area contributed by atoms with E-state index in [0.29, 0.717) is 0 Å². The van der Waals surface area contributed by atoms with Crippen LogP contribution in [0.4, 0.5) is 11.4 Å². The van der Waals surface area contributed by atoms with E-state index in [1.54, 1.807) is 12.2 Å². The number of hydrogen-bond acceptors (Lipinski definition) is 3. The first kappa shape index (κ1) is 10.5. The summed E-state index contributed by atoms with van der Waals surface area (Å²) in [6, 6.07) is 7.39. The maximum absolute atomic E-state index is 10.7. The molecule has 0 radical (unpaired) electrons. The fourth-order valence-electron chi connectivity index (χ4n) is 1.06. The van der Waals surface area contributed by atoms with E-state index in [1.807, 2.05) is 31.3 Å². The number of benzene rings is 1. The van der Waals surface area contributed by atoms with Crippen LogP contribution in [0.3, 0.4) is 0 Å². The minimum atomic E-state index is -0.0714. The lowest BCUT2D eigenvalue weighted by Crippen LogP contribution is -2.14. The Morgan fingerprint density at radius 2 is 1.93 bits per heavy atom. The summed E-state index contributed by atoms with van der Waals surface area (Å²) in [6.07, 6.45) is 0. The Bertz CT molecular complexity index is 308. The number of rotatable bonds is 3. The van der Waals surface area contributed by atoms with E-state index in [2.05, 4.69) is 5.32 Å². The van der Waals surface area contributed by atoms with Crippen LogP contribution < -0.4 is 10.4 Å². The zero-order valence-electron chi connectivity index (χ0n) is 8.57. The molecule has 0 aliphatic heterocycles. The molecule has 1 N–H and O–H groups in total. The number of amides is 1. The molecule has 0 spiro atoms. The molecule has 0 unspecified atom stereocenters. The van der Waals surface area contributed by atoms with Crippen LogP contribution in [-0.2, 0) is 9.63 Å². The van der Waals surface area contributed by atoms with Gasteiger partial charge in [0.05, 0.1) is 12.8 Å². The number of hydrogen-bond donors (Lipinski definition) is 1. The molecule has 1 amide bonds. The average Bonchev–Trinajstić information content (AvgIpc) is 2.17. The summed E-state index contributed by atoms with van der Waals surface area (Å²) < 4.78 is 0. The van der Waals surface area contributed by atoms with E-state index in [-0.39, 0.29) is 5.91 Å². The molecular weight excluding hydrogens is 180 g/mol. The van der Waals surface area contributed by atoms with Gasteiger partial charge in [-0.2, -0.15) is 0 Å². The quantitative estimate of drug-likeness (QED) is 0.744. The average molecular weight is 194 g/mol. The number of hydroxylamine groups is 1. The van der Waals surface area contributed by atoms with Crippen LogP contribution in [0, 0.1) is 0 Å². The van der Waals surface area contributed by atoms with Crippen molar-refractivity contribution in [3.63, 3.8) is 0 Å². The molecule has 76 valence electrons. The van der Waals surface area contributed by atoms with E-state index in [4.69, 9.17) is 4.84 Å². The summed E-state index contributed by atoms with van der Waals surface area (Å²) in [5, 5.41) is 4.33. The van der Waals surface area contributed by atoms with Gasteiger partial charge in [-0.15, -0.1) is 0 Å². The van der Waals surface area contributed by atoms with E-state index in [0.717, 1.165) is 11.4 Å². The molecule has 0 bridgehead atoms. The first-order chi connectivity index (χ1) is 6.63. The molecule has 4 nitrogen and oxygen atoms in total. The van der Waals surface area contributed by atoms with Gasteiger partial charge in [-0.3, -0.25) is 14.7 Å². The lowest BCUT2D eigenvalue weighted by Gasteiger charge is -2.15. The third-order valence-corrected chi connectivity index (χ3v) is 1.83. The van der Waals surface area contributed by atoms with Crippen LogP contribution in [0.5, 0.6) is 0 Å². The molecule has 0 saturated carbocycles. The van der Waals surface area contributed by atoms with Crippen LogP contribution in [0.1, 0.15) is 6.92 Å². The Morgan fingerprint density at radius 3 is 2.36 bits per heavy atom. The zero-order chi connectivity index (χ0) is 10.6. The van der Waals surface area contributed by atoms with Crippen LogP contribution in [0.15, 0.2) is 24.3 Å². The van der Waals surface area contributed by atoms with Crippen molar-refractivity contribution in [2.24, 2.45) is 0 Å². The van der Waals surface area contributed by atoms with Crippen LogP contribution >= 0.6 is 0 Å². The van der Waals surface area contributed by atoms with E-state index < -0.39 is 0 Å². The van der Waals surface area contributed by atoms with Crippen LogP contribution in [-0.4, -0.2) is 20.1 Å². The number of nitrogens with one attached hydrogen (secondary N) is 1. The van der Waals surface area contributed by atoms with Crippen molar-refractivity contribution in [3.05, 3.63) is 24.3 Å². The van der Waals surface area contributed by atoms with E-state index in [9.17, 15) is 4.79 Å². The van der Waals surface area contributed by atoms with Crippen molar-refractivity contribution >= 4 is 17.3 Å². The van der Waals surface area contributed by atoms with Crippen molar-refractivity contribution in [1.82, 2.24) is 0 Å². The molecule has 0 aliphatic rings. The van der Waals surface area contributed by atoms with Crippen molar-refractivity contribution in [2.75, 3.05) is 24.5 Å². The summed E-state index contributed by atoms with van der Waals surface area (Å²) in [6.45, 7) is 1.48. The summed E-state index contributed by atoms with van der Waals surface area (Å²) in [5.41, 5.74) is 1.72. The standard InChI is InChI=1S/C10H14N2O2/c1-8(13)11-9-4-6-10(7-5-9)12(2)14-3/h4-7H,1-3H3,(H,11,13). The van der Waals surface area contributed by atoms with Gasteiger partial charge < -0.3 is 5.32 Å². The molecule has 0 heterocycles. The van der Waals surface area contributed by atoms with Gasteiger partial charge in [0.2, 0.25) is 5.91 Å². The Labute approximate surface area is 83.4 Å². The van der Waals surface area contributed by atoms with E-state index in [1.165, 1.54) is 6.92 Å². The maximum Gasteiger partial charge on any atom is 0.221 e. The van der Waals surface area contributed by atoms with Gasteiger partial charge in [-0.05, 0) is 24.3 Å². The Hall–Kier alpha value is -1.55. The minimum absolute atomic E-state index is 0.0714. The van der Waals surface area contributed by atoms with Gasteiger partial charge in [-0.1, -0.05) is 0 Å². The van der Waals surface area contributed by atoms with Gasteiger partial charge >= 0.3 is 0 Å². The predicted molar refractivity (Wildman–Crippen MR) is 56.2 cm³/mol. The second-order valence-electron chi connectivity index (χ2n) is 2.91. The lowest BCUT2D eigenvalue weighted by atomic mass is 10.3. The highest BCUT2D eigenvalue weighted by atomic mass is 16.7. The van der Waals surface area contributed by atoms with Crippen LogP contribution in [0.25, 0.3) is 0 Å². The summed E-state index contributed by atoms with van der Waals surface area (Å²) in [7, 11) is 3.41. The predicted octanol–water partition coefficient (Wildman–Crippen LogP) is 1.64. The Kier molecular flexibility index (Phi) is 3.48. The highest BCUT2D eigenvalue weighted by Crippen LogP contribution is 2.16. The van der Waals surface area contributed by atoms with Gasteiger partial charge in [-0.25, -0.2) is 0 Å². The molecule has 1 aromatic rings. The van der Waals surface area contributed by atoms with Gasteiger partial charge in [0.25, 0.3) is 0 Å². The molecule has 14 heavy (non-hydrogen) atoms. The second kappa shape index (κ2) is 4.62. The largest absolute Gasteiger partial charge is 0.326 e. The monoisotopic (exact) mass is 194 g/mol. The molecule has 1 aromatic carbocycles. The number of carbonyl (C=O) groups is 1. The highest BCUT2D eigenvalue weighted by Gasteiger charge is 1.99. The minimum Gasteiger partial charge on any atom is -0.326 e. The van der Waals surface area contributed by atoms with Crippen LogP contribution in [0.2, 0.25) is 0 Å². The number of nitrogens with zero attached hydrogens (tertiary/aromatic N) is 1. The number of carbonyl (C=O) groups excluding carboxylic acids is 1. The molecule has 0 fully saturated rings. The van der Waals surface area contributed by atoms with Crippen molar-refractivity contribution in [1.29, 1.82) is 0 Å². The SMILES string of the molecule is CON(C)c1ccc(NC(C)=O)cc1. The van der Waals surface area contributed by atoms with Crippen molar-refractivity contribution < 1.29 is 9.63 Å². The third-order valence-electron chi connectivity index (χ3n) is 1.83. The summed E-state index contributed by atoms with van der Waals surface area (Å²) in [4.78, 5) is 15.7. The zero-order valence-corrected chi connectivity index (χ0v) is 8.57. The fourth-order valence-corrected chi connectivity index (χ4v) is 1.06. The summed E-state index contributed by atoms with van der Waals surface area (Å²) >= 11 is 0. The normalized spacial score (nSPS) is 9.64. The van der Waals surface area contributed by atoms with Gasteiger partial charge in [0.15, 0.2) is 0 Å². The first-order valence-corrected chi connectivity index (χ1v) is 4.29. The van der Waals surface area contributed by atoms with E-state index >= 15 is 0 Å². The van der Waals surface area contributed by atoms with Crippen molar-refractivity contribution in [3.8, 4) is 0 Å². The topological polar surface area (TPSA) is 41.6 Å². The van der Waals surface area contributed by atoms with Gasteiger partial charge in [0.1, 0.15) is 0 Å². The molecule has 0 atom stereocenters. The van der Waals surface area contributed by atoms with Gasteiger partial charge in [0, 0.05) is 19.7 Å².